The Morgan fingerprint density at radius 1 is 0.868 bits per heavy atom. The quantitative estimate of drug-likeness (QED) is 0.209. The van der Waals surface area contributed by atoms with Crippen molar-refractivity contribution in [2.24, 2.45) is 46.3 Å². The molecule has 0 saturated heterocycles. The summed E-state index contributed by atoms with van der Waals surface area (Å²) >= 11 is 12.3. The van der Waals surface area contributed by atoms with Gasteiger partial charge in [-0.1, -0.05) is 56.1 Å². The standard InChI is InChI=1S/C43H57Cl2N3O5/c1-7-16-46-39(49)13-8-27(4)35-11-12-36-34-10-9-28-20-33(52-40(50)48-32-22-29(44)21-30(45)23-32)14-15-42(28,5)37(34)24-38(43(35,36)6)53-41(51)47-31-18-25(2)17-26(3)19-31/h7,17-19,21-23,27-28,33-38H,1,8-16,20,24H2,2-6H3,(H,46,49)(H,47,51)(H,48,50)/t27-,28-,33-,34+,35-,36+,37+,38+,42+,43-/m1/s1. The lowest BCUT2D eigenvalue weighted by Gasteiger charge is -2.62. The van der Waals surface area contributed by atoms with Crippen molar-refractivity contribution in [1.29, 1.82) is 0 Å². The maximum atomic E-state index is 13.8. The summed E-state index contributed by atoms with van der Waals surface area (Å²) in [6.45, 7) is 15.4. The van der Waals surface area contributed by atoms with E-state index in [0.717, 1.165) is 74.6 Å². The van der Waals surface area contributed by atoms with Crippen LogP contribution in [0.25, 0.3) is 0 Å². The second-order valence-corrected chi connectivity index (χ2v) is 17.9. The van der Waals surface area contributed by atoms with E-state index < -0.39 is 12.2 Å². The zero-order chi connectivity index (χ0) is 38.1. The molecular weight excluding hydrogens is 709 g/mol. The Labute approximate surface area is 325 Å². The second kappa shape index (κ2) is 16.2. The number of carbonyl (C=O) groups excluding carboxylic acids is 3. The highest BCUT2D eigenvalue weighted by Crippen LogP contribution is 2.69. The number of hydrogen-bond donors (Lipinski definition) is 3. The molecule has 10 atom stereocenters. The number of aryl methyl sites for hydroxylation is 2. The summed E-state index contributed by atoms with van der Waals surface area (Å²) in [6, 6.07) is 11.0. The Hall–Kier alpha value is -3.23. The number of carbonyl (C=O) groups is 3. The fraction of sp³-hybridized carbons (Fsp3) is 0.605. The van der Waals surface area contributed by atoms with Crippen LogP contribution in [0.3, 0.4) is 0 Å². The number of nitrogens with one attached hydrogen (secondary N) is 3. The molecule has 0 heterocycles. The van der Waals surface area contributed by atoms with Gasteiger partial charge in [0, 0.05) is 39.8 Å². The third-order valence-electron chi connectivity index (χ3n) is 13.8. The normalized spacial score (nSPS) is 32.2. The predicted octanol–water partition coefficient (Wildman–Crippen LogP) is 11.1. The predicted molar refractivity (Wildman–Crippen MR) is 212 cm³/mol. The van der Waals surface area contributed by atoms with Gasteiger partial charge >= 0.3 is 12.2 Å². The lowest BCUT2D eigenvalue weighted by Crippen LogP contribution is -2.60. The van der Waals surface area contributed by atoms with Gasteiger partial charge in [-0.3, -0.25) is 15.4 Å². The SMILES string of the molecule is C=CCNC(=O)CC[C@@H](C)[C@H]1CC[C@H]2[C@@H]3CC[C@@H]4C[C@H](OC(=O)Nc5cc(Cl)cc(Cl)c5)CC[C@]4(C)[C@H]3C[C@H](OC(=O)Nc3cc(C)cc(C)c3)[C@]12C. The number of fused-ring (bicyclic) bond motifs is 5. The fourth-order valence-corrected chi connectivity index (χ4v) is 12.0. The first-order valence-electron chi connectivity index (χ1n) is 19.6. The first kappa shape index (κ1) is 39.5. The molecule has 0 aliphatic heterocycles. The smallest absolute Gasteiger partial charge is 0.411 e. The van der Waals surface area contributed by atoms with Gasteiger partial charge in [-0.15, -0.1) is 6.58 Å². The van der Waals surface area contributed by atoms with Crippen LogP contribution in [-0.2, 0) is 14.3 Å². The van der Waals surface area contributed by atoms with Gasteiger partial charge in [0.05, 0.1) is 0 Å². The molecule has 10 heteroatoms. The summed E-state index contributed by atoms with van der Waals surface area (Å²) in [5.41, 5.74) is 3.26. The number of amides is 3. The molecule has 2 aromatic carbocycles. The van der Waals surface area contributed by atoms with Crippen LogP contribution >= 0.6 is 23.2 Å². The molecule has 8 nitrogen and oxygen atoms in total. The molecule has 6 rings (SSSR count). The van der Waals surface area contributed by atoms with Gasteiger partial charge in [0.15, 0.2) is 0 Å². The number of ether oxygens (including phenoxy) is 2. The van der Waals surface area contributed by atoms with Crippen molar-refractivity contribution in [1.82, 2.24) is 5.32 Å². The van der Waals surface area contributed by atoms with Gasteiger partial charge in [0.2, 0.25) is 5.91 Å². The molecule has 53 heavy (non-hydrogen) atoms. The first-order chi connectivity index (χ1) is 25.2. The van der Waals surface area contributed by atoms with Crippen molar-refractivity contribution in [3.05, 3.63) is 70.2 Å². The molecule has 0 radical (unpaired) electrons. The lowest BCUT2D eigenvalue weighted by atomic mass is 9.43. The molecule has 0 spiro atoms. The monoisotopic (exact) mass is 765 g/mol. The van der Waals surface area contributed by atoms with Gasteiger partial charge < -0.3 is 14.8 Å². The molecule has 288 valence electrons. The zero-order valence-electron chi connectivity index (χ0n) is 31.9. The summed E-state index contributed by atoms with van der Waals surface area (Å²) in [4.78, 5) is 39.3. The Kier molecular flexibility index (Phi) is 12.1. The van der Waals surface area contributed by atoms with E-state index in [4.69, 9.17) is 32.7 Å². The Balaban J connectivity index is 1.20. The number of benzene rings is 2. The van der Waals surface area contributed by atoms with Crippen molar-refractivity contribution in [2.45, 2.75) is 111 Å². The summed E-state index contributed by atoms with van der Waals surface area (Å²) in [7, 11) is 0. The molecule has 4 fully saturated rings. The van der Waals surface area contributed by atoms with Gasteiger partial charge in [0.25, 0.3) is 0 Å². The first-order valence-corrected chi connectivity index (χ1v) is 20.3. The van der Waals surface area contributed by atoms with Crippen molar-refractivity contribution >= 4 is 52.7 Å². The van der Waals surface area contributed by atoms with Crippen LogP contribution < -0.4 is 16.0 Å². The van der Waals surface area contributed by atoms with E-state index >= 15 is 0 Å². The van der Waals surface area contributed by atoms with Crippen LogP contribution in [0.4, 0.5) is 21.0 Å². The van der Waals surface area contributed by atoms with E-state index in [9.17, 15) is 14.4 Å². The van der Waals surface area contributed by atoms with Crippen LogP contribution in [0, 0.1) is 60.2 Å². The van der Waals surface area contributed by atoms with E-state index in [1.807, 2.05) is 26.0 Å². The number of rotatable bonds is 10. The molecule has 0 aromatic heterocycles. The van der Waals surface area contributed by atoms with E-state index in [2.05, 4.69) is 49.4 Å². The zero-order valence-corrected chi connectivity index (χ0v) is 33.5. The van der Waals surface area contributed by atoms with Gasteiger partial charge in [-0.05, 0) is 154 Å². The molecule has 3 N–H and O–H groups in total. The summed E-state index contributed by atoms with van der Waals surface area (Å²) < 4.78 is 12.6. The molecule has 4 aliphatic rings. The van der Waals surface area contributed by atoms with Crippen molar-refractivity contribution < 1.29 is 23.9 Å². The van der Waals surface area contributed by atoms with Gasteiger partial charge in [-0.2, -0.15) is 0 Å². The second-order valence-electron chi connectivity index (χ2n) is 17.0. The van der Waals surface area contributed by atoms with Crippen molar-refractivity contribution in [3.8, 4) is 0 Å². The van der Waals surface area contributed by atoms with E-state index in [-0.39, 0.29) is 28.9 Å². The third-order valence-corrected chi connectivity index (χ3v) is 14.3. The topological polar surface area (TPSA) is 106 Å². The van der Waals surface area contributed by atoms with Crippen LogP contribution in [0.15, 0.2) is 49.1 Å². The minimum absolute atomic E-state index is 0.0414. The largest absolute Gasteiger partial charge is 0.446 e. The lowest BCUT2D eigenvalue weighted by molar-refractivity contribution is -0.174. The maximum absolute atomic E-state index is 13.8. The number of halogens is 2. The van der Waals surface area contributed by atoms with Crippen LogP contribution in [0.1, 0.15) is 96.1 Å². The Morgan fingerprint density at radius 2 is 1.53 bits per heavy atom. The van der Waals surface area contributed by atoms with Crippen molar-refractivity contribution in [2.75, 3.05) is 17.2 Å². The van der Waals surface area contributed by atoms with Gasteiger partial charge in [-0.25, -0.2) is 9.59 Å². The number of hydrogen-bond acceptors (Lipinski definition) is 5. The Bertz CT molecular complexity index is 1660. The fourth-order valence-electron chi connectivity index (χ4n) is 11.5. The maximum Gasteiger partial charge on any atom is 0.411 e. The average Bonchev–Trinajstić information content (AvgIpc) is 3.44. The molecule has 4 saturated carbocycles. The van der Waals surface area contributed by atoms with E-state index in [0.29, 0.717) is 64.2 Å². The molecule has 4 aliphatic carbocycles. The summed E-state index contributed by atoms with van der Waals surface area (Å²) in [5.74, 6) is 2.43. The summed E-state index contributed by atoms with van der Waals surface area (Å²) in [5, 5.41) is 9.69. The van der Waals surface area contributed by atoms with Crippen LogP contribution in [-0.4, -0.2) is 36.8 Å². The minimum atomic E-state index is -0.494. The summed E-state index contributed by atoms with van der Waals surface area (Å²) in [6.07, 6.45) is 9.41. The molecule has 2 aromatic rings. The molecular formula is C43H57Cl2N3O5. The van der Waals surface area contributed by atoms with E-state index in [1.54, 1.807) is 24.3 Å². The highest BCUT2D eigenvalue weighted by Gasteiger charge is 2.65. The van der Waals surface area contributed by atoms with Crippen LogP contribution in [0.2, 0.25) is 10.0 Å². The highest BCUT2D eigenvalue weighted by molar-refractivity contribution is 6.35. The third kappa shape index (κ3) is 8.54. The van der Waals surface area contributed by atoms with E-state index in [1.165, 1.54) is 0 Å². The van der Waals surface area contributed by atoms with Crippen LogP contribution in [0.5, 0.6) is 0 Å². The Morgan fingerprint density at radius 3 is 2.21 bits per heavy atom. The van der Waals surface area contributed by atoms with Crippen molar-refractivity contribution in [3.63, 3.8) is 0 Å². The highest BCUT2D eigenvalue weighted by atomic mass is 35.5. The minimum Gasteiger partial charge on any atom is -0.446 e. The average molecular weight is 767 g/mol. The molecule has 0 unspecified atom stereocenters. The molecule has 3 amide bonds. The number of anilines is 2. The molecule has 0 bridgehead atoms. The van der Waals surface area contributed by atoms with Gasteiger partial charge in [0.1, 0.15) is 12.2 Å².